The van der Waals surface area contributed by atoms with Gasteiger partial charge in [0.05, 0.1) is 23.6 Å². The lowest BCUT2D eigenvalue weighted by Crippen LogP contribution is -2.46. The molecule has 0 bridgehead atoms. The van der Waals surface area contributed by atoms with Gasteiger partial charge in [-0.25, -0.2) is 22.3 Å². The van der Waals surface area contributed by atoms with Crippen molar-refractivity contribution in [3.8, 4) is 0 Å². The van der Waals surface area contributed by atoms with Gasteiger partial charge in [0.25, 0.3) is 0 Å². The molecule has 7 nitrogen and oxygen atoms in total. The minimum atomic E-state index is -4.06. The van der Waals surface area contributed by atoms with Gasteiger partial charge in [0.1, 0.15) is 11.9 Å². The Balaban J connectivity index is 2.73. The van der Waals surface area contributed by atoms with Crippen LogP contribution in [-0.4, -0.2) is 40.0 Å². The molecular formula is C15H20ClFN2O5S. The van der Waals surface area contributed by atoms with E-state index in [1.54, 1.807) is 0 Å². The Kier molecular flexibility index (Phi) is 7.78. The number of hydrogen-bond donors (Lipinski definition) is 2. The fourth-order valence-corrected chi connectivity index (χ4v) is 3.21. The molecule has 2 N–H and O–H groups in total. The molecule has 1 amide bonds. The van der Waals surface area contributed by atoms with Crippen LogP contribution in [0.2, 0.25) is 5.02 Å². The van der Waals surface area contributed by atoms with Crippen LogP contribution in [0, 0.1) is 11.7 Å². The van der Waals surface area contributed by atoms with Gasteiger partial charge in [-0.05, 0) is 30.5 Å². The van der Waals surface area contributed by atoms with Crippen LogP contribution in [-0.2, 0) is 24.3 Å². The standard InChI is InChI=1S/C15H20ClFN2O5S/c1-9(2)6-13(15(21)24-3)19-14(20)8-18-25(22,23)10-4-5-12(17)11(16)7-10/h4-5,7,9,13,18H,6,8H2,1-3H3,(H,19,20). The number of esters is 1. The number of sulfonamides is 1. The first-order valence-corrected chi connectivity index (χ1v) is 9.24. The van der Waals surface area contributed by atoms with E-state index >= 15 is 0 Å². The van der Waals surface area contributed by atoms with E-state index in [1.807, 2.05) is 13.8 Å². The van der Waals surface area contributed by atoms with Crippen LogP contribution in [0.25, 0.3) is 0 Å². The summed E-state index contributed by atoms with van der Waals surface area (Å²) in [4.78, 5) is 23.3. The summed E-state index contributed by atoms with van der Waals surface area (Å²) >= 11 is 5.55. The smallest absolute Gasteiger partial charge is 0.328 e. The highest BCUT2D eigenvalue weighted by Crippen LogP contribution is 2.19. The van der Waals surface area contributed by atoms with Crippen molar-refractivity contribution in [1.29, 1.82) is 0 Å². The van der Waals surface area contributed by atoms with Crippen LogP contribution in [0.5, 0.6) is 0 Å². The Morgan fingerprint density at radius 2 is 1.96 bits per heavy atom. The second-order valence-corrected chi connectivity index (χ2v) is 7.85. The third-order valence-corrected chi connectivity index (χ3v) is 4.84. The third kappa shape index (κ3) is 6.60. The number of carbonyl (C=O) groups is 2. The Morgan fingerprint density at radius 1 is 1.32 bits per heavy atom. The number of methoxy groups -OCH3 is 1. The van der Waals surface area contributed by atoms with Crippen molar-refractivity contribution in [2.45, 2.75) is 31.2 Å². The van der Waals surface area contributed by atoms with Gasteiger partial charge in [-0.1, -0.05) is 25.4 Å². The Labute approximate surface area is 150 Å². The molecular weight excluding hydrogens is 375 g/mol. The quantitative estimate of drug-likeness (QED) is 0.650. The first-order chi connectivity index (χ1) is 11.6. The van der Waals surface area contributed by atoms with Crippen molar-refractivity contribution in [3.63, 3.8) is 0 Å². The maximum absolute atomic E-state index is 13.1. The molecule has 1 aromatic rings. The summed E-state index contributed by atoms with van der Waals surface area (Å²) in [6.07, 6.45) is 0.346. The summed E-state index contributed by atoms with van der Waals surface area (Å²) in [5.74, 6) is -1.96. The molecule has 0 aliphatic rings. The van der Waals surface area contributed by atoms with E-state index in [0.717, 1.165) is 18.2 Å². The number of ether oxygens (including phenoxy) is 1. The van der Waals surface area contributed by atoms with Crippen LogP contribution in [0.1, 0.15) is 20.3 Å². The van der Waals surface area contributed by atoms with Crippen LogP contribution in [0.4, 0.5) is 4.39 Å². The van der Waals surface area contributed by atoms with Gasteiger partial charge in [0, 0.05) is 0 Å². The number of benzene rings is 1. The van der Waals surface area contributed by atoms with Crippen molar-refractivity contribution in [1.82, 2.24) is 10.0 Å². The predicted octanol–water partition coefficient (Wildman–Crippen LogP) is 1.46. The monoisotopic (exact) mass is 394 g/mol. The van der Waals surface area contributed by atoms with Crippen LogP contribution < -0.4 is 10.0 Å². The highest BCUT2D eigenvalue weighted by atomic mass is 35.5. The molecule has 1 unspecified atom stereocenters. The van der Waals surface area contributed by atoms with E-state index in [2.05, 4.69) is 14.8 Å². The zero-order valence-electron chi connectivity index (χ0n) is 14.0. The second-order valence-electron chi connectivity index (χ2n) is 5.67. The van der Waals surface area contributed by atoms with Crippen molar-refractivity contribution < 1.29 is 27.1 Å². The summed E-state index contributed by atoms with van der Waals surface area (Å²) in [6, 6.07) is 2.00. The molecule has 0 saturated heterocycles. The number of halogens is 2. The first kappa shape index (κ1) is 21.3. The zero-order chi connectivity index (χ0) is 19.2. The zero-order valence-corrected chi connectivity index (χ0v) is 15.6. The molecule has 0 aliphatic carbocycles. The van der Waals surface area contributed by atoms with Gasteiger partial charge < -0.3 is 10.1 Å². The maximum Gasteiger partial charge on any atom is 0.328 e. The Bertz CT molecular complexity index is 739. The minimum absolute atomic E-state index is 0.113. The number of hydrogen-bond acceptors (Lipinski definition) is 5. The summed E-state index contributed by atoms with van der Waals surface area (Å²) in [5, 5.41) is 2.07. The molecule has 0 heterocycles. The lowest BCUT2D eigenvalue weighted by atomic mass is 10.0. The van der Waals surface area contributed by atoms with Crippen molar-refractivity contribution in [2.75, 3.05) is 13.7 Å². The molecule has 0 fully saturated rings. The van der Waals surface area contributed by atoms with E-state index in [1.165, 1.54) is 7.11 Å². The molecule has 0 spiro atoms. The molecule has 10 heteroatoms. The summed E-state index contributed by atoms with van der Waals surface area (Å²) in [5.41, 5.74) is 0. The molecule has 1 atom stereocenters. The van der Waals surface area contributed by atoms with E-state index < -0.39 is 40.3 Å². The predicted molar refractivity (Wildman–Crippen MR) is 90.0 cm³/mol. The van der Waals surface area contributed by atoms with Gasteiger partial charge in [-0.15, -0.1) is 0 Å². The minimum Gasteiger partial charge on any atom is -0.467 e. The van der Waals surface area contributed by atoms with Crippen LogP contribution in [0.15, 0.2) is 23.1 Å². The molecule has 0 saturated carbocycles. The Hall–Kier alpha value is -1.71. The number of carbonyl (C=O) groups excluding carboxylic acids is 2. The first-order valence-electron chi connectivity index (χ1n) is 7.38. The summed E-state index contributed by atoms with van der Waals surface area (Å²) < 4.78 is 44.0. The molecule has 1 rings (SSSR count). The van der Waals surface area contributed by atoms with E-state index in [4.69, 9.17) is 11.6 Å². The van der Waals surface area contributed by atoms with E-state index in [0.29, 0.717) is 6.42 Å². The average Bonchev–Trinajstić information content (AvgIpc) is 2.53. The highest BCUT2D eigenvalue weighted by molar-refractivity contribution is 7.89. The molecule has 25 heavy (non-hydrogen) atoms. The van der Waals surface area contributed by atoms with Gasteiger partial charge in [-0.3, -0.25) is 4.79 Å². The number of nitrogens with one attached hydrogen (secondary N) is 2. The third-order valence-electron chi connectivity index (χ3n) is 3.15. The molecule has 1 aromatic carbocycles. The average molecular weight is 395 g/mol. The number of rotatable bonds is 8. The Morgan fingerprint density at radius 3 is 2.48 bits per heavy atom. The van der Waals surface area contributed by atoms with Gasteiger partial charge in [0.2, 0.25) is 15.9 Å². The largest absolute Gasteiger partial charge is 0.467 e. The van der Waals surface area contributed by atoms with Crippen molar-refractivity contribution >= 4 is 33.5 Å². The fraction of sp³-hybridized carbons (Fsp3) is 0.467. The van der Waals surface area contributed by atoms with Crippen molar-refractivity contribution in [2.24, 2.45) is 5.92 Å². The summed E-state index contributed by atoms with van der Waals surface area (Å²) in [6.45, 7) is 3.13. The van der Waals surface area contributed by atoms with E-state index in [9.17, 15) is 22.4 Å². The van der Waals surface area contributed by atoms with Crippen LogP contribution in [0.3, 0.4) is 0 Å². The molecule has 0 aliphatic heterocycles. The van der Waals surface area contributed by atoms with Gasteiger partial charge in [0.15, 0.2) is 0 Å². The topological polar surface area (TPSA) is 102 Å². The molecule has 140 valence electrons. The normalized spacial score (nSPS) is 12.7. The SMILES string of the molecule is COC(=O)C(CC(C)C)NC(=O)CNS(=O)(=O)c1ccc(F)c(Cl)c1. The van der Waals surface area contributed by atoms with E-state index in [-0.39, 0.29) is 15.8 Å². The highest BCUT2D eigenvalue weighted by Gasteiger charge is 2.24. The lowest BCUT2D eigenvalue weighted by molar-refractivity contribution is -0.145. The van der Waals surface area contributed by atoms with Gasteiger partial charge >= 0.3 is 5.97 Å². The van der Waals surface area contributed by atoms with Crippen molar-refractivity contribution in [3.05, 3.63) is 29.0 Å². The number of amides is 1. The van der Waals surface area contributed by atoms with Crippen LogP contribution >= 0.6 is 11.6 Å². The fourth-order valence-electron chi connectivity index (χ4n) is 1.96. The molecule has 0 aromatic heterocycles. The molecule has 0 radical (unpaired) electrons. The summed E-state index contributed by atoms with van der Waals surface area (Å²) in [7, 11) is -2.86. The van der Waals surface area contributed by atoms with Gasteiger partial charge in [-0.2, -0.15) is 0 Å². The lowest BCUT2D eigenvalue weighted by Gasteiger charge is -2.18. The second kappa shape index (κ2) is 9.12. The maximum atomic E-state index is 13.1.